The molecule has 1 fully saturated rings. The molecule has 0 bridgehead atoms. The number of hydrogen-bond acceptors (Lipinski definition) is 3. The molecule has 0 N–H and O–H groups in total. The van der Waals surface area contributed by atoms with Crippen molar-refractivity contribution in [2.45, 2.75) is 6.92 Å². The van der Waals surface area contributed by atoms with Crippen LogP contribution in [0.25, 0.3) is 0 Å². The Balaban J connectivity index is 2.22. The number of anilines is 1. The van der Waals surface area contributed by atoms with Gasteiger partial charge in [-0.3, -0.25) is 9.59 Å². The van der Waals surface area contributed by atoms with Crippen LogP contribution in [-0.2, 0) is 14.3 Å². The summed E-state index contributed by atoms with van der Waals surface area (Å²) in [4.78, 5) is 26.1. The van der Waals surface area contributed by atoms with Crippen molar-refractivity contribution >= 4 is 17.5 Å². The fourth-order valence-electron chi connectivity index (χ4n) is 2.14. The monoisotopic (exact) mass is 316 g/mol. The minimum atomic E-state index is -1.68. The van der Waals surface area contributed by atoms with Crippen molar-refractivity contribution in [1.82, 2.24) is 4.90 Å². The molecular weight excluding hydrogens is 301 g/mol. The summed E-state index contributed by atoms with van der Waals surface area (Å²) in [5.74, 6) is -5.59. The van der Waals surface area contributed by atoms with Gasteiger partial charge in [0.15, 0.2) is 17.5 Å². The molecule has 22 heavy (non-hydrogen) atoms. The Morgan fingerprint density at radius 3 is 2.41 bits per heavy atom. The molecule has 1 aromatic carbocycles. The first-order valence-electron chi connectivity index (χ1n) is 6.69. The second-order valence-electron chi connectivity index (χ2n) is 4.79. The number of carbonyl (C=O) groups is 2. The fourth-order valence-corrected chi connectivity index (χ4v) is 2.14. The van der Waals surface area contributed by atoms with Gasteiger partial charge in [-0.05, 0) is 12.1 Å². The van der Waals surface area contributed by atoms with E-state index in [0.717, 1.165) is 17.9 Å². The van der Waals surface area contributed by atoms with E-state index in [2.05, 4.69) is 0 Å². The number of halogens is 3. The van der Waals surface area contributed by atoms with Crippen LogP contribution in [0.15, 0.2) is 12.1 Å². The Hall–Kier alpha value is -2.09. The molecule has 2 rings (SSSR count). The SMILES string of the molecule is CC(=O)N(CC(=O)N1CCOCC1)c1ccc(F)c(F)c1F. The zero-order valence-corrected chi connectivity index (χ0v) is 11.9. The zero-order valence-electron chi connectivity index (χ0n) is 11.9. The van der Waals surface area contributed by atoms with Gasteiger partial charge in [0, 0.05) is 20.0 Å². The third kappa shape index (κ3) is 3.38. The van der Waals surface area contributed by atoms with E-state index in [0.29, 0.717) is 32.4 Å². The summed E-state index contributed by atoms with van der Waals surface area (Å²) in [6.45, 7) is 2.16. The predicted octanol–water partition coefficient (Wildman–Crippen LogP) is 1.32. The Labute approximate surface area is 125 Å². The lowest BCUT2D eigenvalue weighted by Crippen LogP contribution is -2.47. The summed E-state index contributed by atoms with van der Waals surface area (Å²) in [7, 11) is 0. The highest BCUT2D eigenvalue weighted by Crippen LogP contribution is 2.24. The molecular formula is C14H15F3N2O3. The molecule has 1 heterocycles. The largest absolute Gasteiger partial charge is 0.378 e. The highest BCUT2D eigenvalue weighted by molar-refractivity contribution is 5.97. The molecule has 8 heteroatoms. The third-order valence-corrected chi connectivity index (χ3v) is 3.34. The van der Waals surface area contributed by atoms with E-state index in [-0.39, 0.29) is 0 Å². The van der Waals surface area contributed by atoms with E-state index in [1.165, 1.54) is 4.90 Å². The molecule has 1 aliphatic heterocycles. The van der Waals surface area contributed by atoms with Crippen LogP contribution < -0.4 is 4.90 Å². The molecule has 0 aromatic heterocycles. The number of hydrogen-bond donors (Lipinski definition) is 0. The topological polar surface area (TPSA) is 49.9 Å². The standard InChI is InChI=1S/C14H15F3N2O3/c1-9(20)19(8-12(21)18-4-6-22-7-5-18)11-3-2-10(15)13(16)14(11)17/h2-3H,4-8H2,1H3. The average molecular weight is 316 g/mol. The second-order valence-corrected chi connectivity index (χ2v) is 4.79. The summed E-state index contributed by atoms with van der Waals surface area (Å²) in [6.07, 6.45) is 0. The van der Waals surface area contributed by atoms with Crippen molar-refractivity contribution in [3.05, 3.63) is 29.6 Å². The van der Waals surface area contributed by atoms with Crippen LogP contribution >= 0.6 is 0 Å². The van der Waals surface area contributed by atoms with Gasteiger partial charge in [0.05, 0.1) is 18.9 Å². The number of ether oxygens (including phenoxy) is 1. The van der Waals surface area contributed by atoms with Crippen LogP contribution in [0, 0.1) is 17.5 Å². The van der Waals surface area contributed by atoms with Gasteiger partial charge in [-0.1, -0.05) is 0 Å². The van der Waals surface area contributed by atoms with E-state index in [1.807, 2.05) is 0 Å². The molecule has 2 amide bonds. The smallest absolute Gasteiger partial charge is 0.242 e. The summed E-state index contributed by atoms with van der Waals surface area (Å²) in [5, 5.41) is 0. The molecule has 0 aliphatic carbocycles. The van der Waals surface area contributed by atoms with E-state index in [9.17, 15) is 22.8 Å². The quantitative estimate of drug-likeness (QED) is 0.790. The van der Waals surface area contributed by atoms with Gasteiger partial charge in [-0.25, -0.2) is 13.2 Å². The Morgan fingerprint density at radius 2 is 1.82 bits per heavy atom. The molecule has 0 spiro atoms. The Bertz CT molecular complexity index is 589. The summed E-state index contributed by atoms with van der Waals surface area (Å²) >= 11 is 0. The van der Waals surface area contributed by atoms with E-state index >= 15 is 0 Å². The first kappa shape index (κ1) is 16.3. The van der Waals surface area contributed by atoms with Crippen LogP contribution in [-0.4, -0.2) is 49.6 Å². The van der Waals surface area contributed by atoms with Crippen LogP contribution in [0.2, 0.25) is 0 Å². The van der Waals surface area contributed by atoms with Gasteiger partial charge in [0.1, 0.15) is 6.54 Å². The minimum absolute atomic E-state index is 0.366. The summed E-state index contributed by atoms with van der Waals surface area (Å²) in [5.41, 5.74) is -0.465. The summed E-state index contributed by atoms with van der Waals surface area (Å²) < 4.78 is 45.2. The molecule has 0 unspecified atom stereocenters. The molecule has 1 saturated heterocycles. The molecule has 0 radical (unpaired) electrons. The minimum Gasteiger partial charge on any atom is -0.378 e. The van der Waals surface area contributed by atoms with Gasteiger partial charge in [-0.2, -0.15) is 0 Å². The van der Waals surface area contributed by atoms with Gasteiger partial charge >= 0.3 is 0 Å². The van der Waals surface area contributed by atoms with Crippen molar-refractivity contribution in [3.63, 3.8) is 0 Å². The Morgan fingerprint density at radius 1 is 1.18 bits per heavy atom. The first-order valence-corrected chi connectivity index (χ1v) is 6.69. The maximum atomic E-state index is 13.8. The summed E-state index contributed by atoms with van der Waals surface area (Å²) in [6, 6.07) is 1.64. The van der Waals surface area contributed by atoms with Crippen molar-refractivity contribution in [2.75, 3.05) is 37.7 Å². The van der Waals surface area contributed by atoms with Crippen LogP contribution in [0.4, 0.5) is 18.9 Å². The van der Waals surface area contributed by atoms with Crippen molar-refractivity contribution in [3.8, 4) is 0 Å². The van der Waals surface area contributed by atoms with Crippen molar-refractivity contribution in [2.24, 2.45) is 0 Å². The Kier molecular flexibility index (Phi) is 5.02. The number of carbonyl (C=O) groups excluding carboxylic acids is 2. The van der Waals surface area contributed by atoms with Gasteiger partial charge in [0.25, 0.3) is 0 Å². The predicted molar refractivity (Wildman–Crippen MR) is 71.7 cm³/mol. The fraction of sp³-hybridized carbons (Fsp3) is 0.429. The molecule has 5 nitrogen and oxygen atoms in total. The van der Waals surface area contributed by atoms with Gasteiger partial charge in [0.2, 0.25) is 11.8 Å². The van der Waals surface area contributed by atoms with Gasteiger partial charge < -0.3 is 14.5 Å². The molecule has 0 atom stereocenters. The lowest BCUT2D eigenvalue weighted by atomic mass is 10.2. The maximum absolute atomic E-state index is 13.8. The lowest BCUT2D eigenvalue weighted by molar-refractivity contribution is -0.134. The number of nitrogens with zero attached hydrogens (tertiary/aromatic N) is 2. The number of amides is 2. The number of morpholine rings is 1. The maximum Gasteiger partial charge on any atom is 0.242 e. The van der Waals surface area contributed by atoms with Crippen molar-refractivity contribution < 1.29 is 27.5 Å². The second kappa shape index (κ2) is 6.78. The van der Waals surface area contributed by atoms with E-state index in [4.69, 9.17) is 4.74 Å². The van der Waals surface area contributed by atoms with Crippen LogP contribution in [0.5, 0.6) is 0 Å². The first-order chi connectivity index (χ1) is 10.4. The van der Waals surface area contributed by atoms with E-state index < -0.39 is 41.5 Å². The normalized spacial score (nSPS) is 14.8. The van der Waals surface area contributed by atoms with Crippen LogP contribution in [0.1, 0.15) is 6.92 Å². The number of benzene rings is 1. The van der Waals surface area contributed by atoms with Crippen molar-refractivity contribution in [1.29, 1.82) is 0 Å². The molecule has 1 aliphatic rings. The third-order valence-electron chi connectivity index (χ3n) is 3.34. The van der Waals surface area contributed by atoms with Gasteiger partial charge in [-0.15, -0.1) is 0 Å². The molecule has 0 saturated carbocycles. The lowest BCUT2D eigenvalue weighted by Gasteiger charge is -2.29. The molecule has 1 aromatic rings. The zero-order chi connectivity index (χ0) is 16.3. The molecule has 120 valence electrons. The van der Waals surface area contributed by atoms with Crippen LogP contribution in [0.3, 0.4) is 0 Å². The average Bonchev–Trinajstić information content (AvgIpc) is 2.51. The van der Waals surface area contributed by atoms with E-state index in [1.54, 1.807) is 0 Å². The number of rotatable bonds is 3. The highest BCUT2D eigenvalue weighted by Gasteiger charge is 2.25. The highest BCUT2D eigenvalue weighted by atomic mass is 19.2.